The van der Waals surface area contributed by atoms with E-state index in [1.165, 1.54) is 22.3 Å². The van der Waals surface area contributed by atoms with Crippen molar-refractivity contribution in [2.75, 3.05) is 18.8 Å². The van der Waals surface area contributed by atoms with Crippen molar-refractivity contribution in [1.29, 1.82) is 0 Å². The summed E-state index contributed by atoms with van der Waals surface area (Å²) in [4.78, 5) is 17.3. The van der Waals surface area contributed by atoms with Crippen LogP contribution in [0.3, 0.4) is 0 Å². The van der Waals surface area contributed by atoms with E-state index in [0.29, 0.717) is 30.2 Å². The van der Waals surface area contributed by atoms with Crippen LogP contribution in [-0.4, -0.2) is 46.9 Å². The molecular formula is C23H27N3O4S2. The number of thioether (sulfide) groups is 1. The van der Waals surface area contributed by atoms with Gasteiger partial charge in [-0.25, -0.2) is 13.4 Å². The van der Waals surface area contributed by atoms with Crippen LogP contribution in [0.4, 0.5) is 0 Å². The molecule has 4 rings (SSSR count). The maximum atomic E-state index is 12.9. The van der Waals surface area contributed by atoms with Gasteiger partial charge in [-0.2, -0.15) is 4.31 Å². The number of piperidine rings is 1. The fourth-order valence-corrected chi connectivity index (χ4v) is 6.15. The van der Waals surface area contributed by atoms with Crippen LogP contribution >= 0.6 is 11.8 Å². The number of pyridine rings is 1. The van der Waals surface area contributed by atoms with Crippen molar-refractivity contribution in [2.24, 2.45) is 0 Å². The number of rotatable bonds is 8. The van der Waals surface area contributed by atoms with E-state index in [9.17, 15) is 13.2 Å². The second kappa shape index (κ2) is 9.64. The Morgan fingerprint density at radius 2 is 1.94 bits per heavy atom. The van der Waals surface area contributed by atoms with Crippen molar-refractivity contribution in [3.8, 4) is 0 Å². The molecule has 7 nitrogen and oxygen atoms in total. The maximum absolute atomic E-state index is 12.9. The number of hydrogen-bond acceptors (Lipinski definition) is 6. The summed E-state index contributed by atoms with van der Waals surface area (Å²) < 4.78 is 34.5. The van der Waals surface area contributed by atoms with Crippen LogP contribution in [-0.2, 0) is 16.6 Å². The van der Waals surface area contributed by atoms with Gasteiger partial charge < -0.3 is 8.98 Å². The smallest absolute Gasteiger partial charge is 0.244 e. The summed E-state index contributed by atoms with van der Waals surface area (Å²) in [5, 5.41) is 0.625. The van der Waals surface area contributed by atoms with Crippen molar-refractivity contribution in [3.63, 3.8) is 0 Å². The Labute approximate surface area is 192 Å². The molecule has 32 heavy (non-hydrogen) atoms. The molecule has 0 atom stereocenters. The Morgan fingerprint density at radius 1 is 1.16 bits per heavy atom. The predicted molar refractivity (Wildman–Crippen MR) is 124 cm³/mol. The van der Waals surface area contributed by atoms with E-state index < -0.39 is 10.0 Å². The molecule has 4 heterocycles. The first-order chi connectivity index (χ1) is 15.4. The van der Waals surface area contributed by atoms with Gasteiger partial charge in [0.05, 0.1) is 23.6 Å². The topological polar surface area (TPSA) is 85.4 Å². The summed E-state index contributed by atoms with van der Waals surface area (Å²) in [6.45, 7) is 5.62. The highest BCUT2D eigenvalue weighted by Crippen LogP contribution is 2.24. The summed E-state index contributed by atoms with van der Waals surface area (Å²) in [5.74, 6) is 1.08. The lowest BCUT2D eigenvalue weighted by Crippen LogP contribution is -2.35. The number of furan rings is 1. The third-order valence-corrected chi connectivity index (χ3v) is 8.61. The molecule has 0 saturated carbocycles. The van der Waals surface area contributed by atoms with Crippen LogP contribution in [0.5, 0.6) is 0 Å². The van der Waals surface area contributed by atoms with Crippen molar-refractivity contribution in [3.05, 3.63) is 65.5 Å². The van der Waals surface area contributed by atoms with E-state index in [1.54, 1.807) is 18.4 Å². The number of carbonyl (C=O) groups is 1. The van der Waals surface area contributed by atoms with Gasteiger partial charge in [-0.1, -0.05) is 18.2 Å². The molecule has 0 aromatic carbocycles. The Kier molecular flexibility index (Phi) is 6.88. The summed E-state index contributed by atoms with van der Waals surface area (Å²) in [6, 6.07) is 8.93. The van der Waals surface area contributed by atoms with E-state index in [1.807, 2.05) is 32.0 Å². The summed E-state index contributed by atoms with van der Waals surface area (Å²) in [6.07, 6.45) is 5.89. The fourth-order valence-electron chi connectivity index (χ4n) is 3.96. The minimum Gasteiger partial charge on any atom is -0.467 e. The Hall–Kier alpha value is -2.36. The van der Waals surface area contributed by atoms with Gasteiger partial charge in [-0.05, 0) is 57.0 Å². The summed E-state index contributed by atoms with van der Waals surface area (Å²) in [7, 11) is -3.50. The van der Waals surface area contributed by atoms with Gasteiger partial charge in [0.1, 0.15) is 10.7 Å². The standard InChI is InChI=1S/C23H27N3O4S2/c1-17-13-21(18(2)26(17)15-19-7-6-12-30-19)22(27)16-31-23-9-8-20(14-24-23)32(28,29)25-10-4-3-5-11-25/h6-9,12-14H,3-5,10-11,15-16H2,1-2H3. The van der Waals surface area contributed by atoms with Crippen molar-refractivity contribution in [2.45, 2.75) is 49.6 Å². The minimum absolute atomic E-state index is 0.0145. The Morgan fingerprint density at radius 3 is 2.59 bits per heavy atom. The molecular weight excluding hydrogens is 446 g/mol. The van der Waals surface area contributed by atoms with Crippen LogP contribution < -0.4 is 0 Å². The predicted octanol–water partition coefficient (Wildman–Crippen LogP) is 4.29. The number of ketones is 1. The van der Waals surface area contributed by atoms with E-state index in [-0.39, 0.29) is 16.4 Å². The highest BCUT2D eigenvalue weighted by molar-refractivity contribution is 7.99. The van der Waals surface area contributed by atoms with Crippen molar-refractivity contribution < 1.29 is 17.6 Å². The summed E-state index contributed by atoms with van der Waals surface area (Å²) >= 11 is 1.31. The average molecular weight is 474 g/mol. The van der Waals surface area contributed by atoms with E-state index in [0.717, 1.165) is 36.4 Å². The number of aryl methyl sites for hydroxylation is 1. The van der Waals surface area contributed by atoms with Gasteiger partial charge >= 0.3 is 0 Å². The van der Waals surface area contributed by atoms with Gasteiger partial charge in [0.15, 0.2) is 5.78 Å². The molecule has 0 bridgehead atoms. The van der Waals surface area contributed by atoms with Gasteiger partial charge in [0.25, 0.3) is 0 Å². The molecule has 0 unspecified atom stereocenters. The van der Waals surface area contributed by atoms with Crippen LogP contribution in [0.25, 0.3) is 0 Å². The average Bonchev–Trinajstić information content (AvgIpc) is 3.42. The fraction of sp³-hybridized carbons (Fsp3) is 0.391. The van der Waals surface area contributed by atoms with Gasteiger partial charge in [-0.3, -0.25) is 4.79 Å². The Balaban J connectivity index is 1.40. The molecule has 0 aliphatic carbocycles. The lowest BCUT2D eigenvalue weighted by Gasteiger charge is -2.25. The zero-order valence-electron chi connectivity index (χ0n) is 18.3. The number of Topliss-reactive ketones (excluding diaryl/α,β-unsaturated/α-hetero) is 1. The largest absolute Gasteiger partial charge is 0.467 e. The van der Waals surface area contributed by atoms with Gasteiger partial charge in [0.2, 0.25) is 10.0 Å². The first-order valence-electron chi connectivity index (χ1n) is 10.7. The zero-order valence-corrected chi connectivity index (χ0v) is 19.9. The molecule has 0 radical (unpaired) electrons. The van der Waals surface area contributed by atoms with E-state index in [2.05, 4.69) is 9.55 Å². The lowest BCUT2D eigenvalue weighted by molar-refractivity contribution is 0.102. The second-order valence-electron chi connectivity index (χ2n) is 7.96. The third-order valence-electron chi connectivity index (χ3n) is 5.78. The first kappa shape index (κ1) is 22.8. The SMILES string of the molecule is Cc1cc(C(=O)CSc2ccc(S(=O)(=O)N3CCCCC3)cn2)c(C)n1Cc1ccco1. The monoisotopic (exact) mass is 473 g/mol. The van der Waals surface area contributed by atoms with Crippen molar-refractivity contribution in [1.82, 2.24) is 13.9 Å². The molecule has 3 aromatic rings. The molecule has 1 saturated heterocycles. The number of carbonyl (C=O) groups excluding carboxylic acids is 1. The van der Waals surface area contributed by atoms with Crippen LogP contribution in [0.15, 0.2) is 57.1 Å². The first-order valence-corrected chi connectivity index (χ1v) is 13.1. The van der Waals surface area contributed by atoms with Crippen LogP contribution in [0.1, 0.15) is 46.8 Å². The highest BCUT2D eigenvalue weighted by Gasteiger charge is 2.26. The van der Waals surface area contributed by atoms with E-state index in [4.69, 9.17) is 4.42 Å². The minimum atomic E-state index is -3.50. The molecule has 0 amide bonds. The Bertz CT molecular complexity index is 1180. The van der Waals surface area contributed by atoms with Crippen LogP contribution in [0, 0.1) is 13.8 Å². The van der Waals surface area contributed by atoms with Gasteiger partial charge in [0, 0.05) is 36.2 Å². The molecule has 3 aromatic heterocycles. The molecule has 0 N–H and O–H groups in total. The molecule has 1 aliphatic rings. The van der Waals surface area contributed by atoms with E-state index >= 15 is 0 Å². The number of nitrogens with zero attached hydrogens (tertiary/aromatic N) is 3. The van der Waals surface area contributed by atoms with Gasteiger partial charge in [-0.15, -0.1) is 0 Å². The number of sulfonamides is 1. The molecule has 1 aliphatic heterocycles. The summed E-state index contributed by atoms with van der Waals surface area (Å²) in [5.41, 5.74) is 2.59. The number of aromatic nitrogens is 2. The second-order valence-corrected chi connectivity index (χ2v) is 10.9. The third kappa shape index (κ3) is 4.84. The van der Waals surface area contributed by atoms with Crippen LogP contribution in [0.2, 0.25) is 0 Å². The quantitative estimate of drug-likeness (QED) is 0.358. The highest BCUT2D eigenvalue weighted by atomic mass is 32.2. The number of hydrogen-bond donors (Lipinski definition) is 0. The molecule has 9 heteroatoms. The zero-order chi connectivity index (χ0) is 22.7. The maximum Gasteiger partial charge on any atom is 0.244 e. The van der Waals surface area contributed by atoms with Crippen molar-refractivity contribution >= 4 is 27.6 Å². The molecule has 170 valence electrons. The normalized spacial score (nSPS) is 15.2. The molecule has 1 fully saturated rings. The lowest BCUT2D eigenvalue weighted by atomic mass is 10.2. The molecule has 0 spiro atoms.